The van der Waals surface area contributed by atoms with Crippen LogP contribution in [0.4, 0.5) is 5.13 Å². The van der Waals surface area contributed by atoms with Crippen molar-refractivity contribution in [1.29, 1.82) is 0 Å². The van der Waals surface area contributed by atoms with E-state index < -0.39 is 29.2 Å². The number of β-lactam (4-membered cyclic amide) rings is 1. The summed E-state index contributed by atoms with van der Waals surface area (Å²) in [4.78, 5) is 51.9. The first kappa shape index (κ1) is 24.5. The highest BCUT2D eigenvalue weighted by molar-refractivity contribution is 8.00. The Bertz CT molecular complexity index is 1420. The lowest BCUT2D eigenvalue weighted by Gasteiger charge is -2.50. The molecule has 5 rings (SSSR count). The van der Waals surface area contributed by atoms with Crippen LogP contribution in [0.15, 0.2) is 63.2 Å². The number of carbonyl (C=O) groups excluding carboxylic acids is 3. The van der Waals surface area contributed by atoms with E-state index in [1.165, 1.54) is 30.5 Å². The summed E-state index contributed by atoms with van der Waals surface area (Å²) in [5.41, 5.74) is 6.77. The third-order valence-electron chi connectivity index (χ3n) is 5.63. The second kappa shape index (κ2) is 10.0. The molecule has 1 fully saturated rings. The molecule has 0 bridgehead atoms. The normalized spacial score (nSPS) is 19.3. The Morgan fingerprint density at radius 1 is 1.41 bits per heavy atom. The number of nitrogens with one attached hydrogen (secondary N) is 1. The van der Waals surface area contributed by atoms with Gasteiger partial charge in [-0.1, -0.05) is 5.16 Å². The van der Waals surface area contributed by atoms with E-state index in [9.17, 15) is 19.5 Å². The van der Waals surface area contributed by atoms with Gasteiger partial charge in [-0.25, -0.2) is 14.5 Å². The molecule has 2 aliphatic heterocycles. The fourth-order valence-corrected chi connectivity index (χ4v) is 5.87. The van der Waals surface area contributed by atoms with Crippen LogP contribution < -0.4 is 20.7 Å². The number of rotatable bonds is 8. The van der Waals surface area contributed by atoms with Crippen LogP contribution in [0.3, 0.4) is 0 Å². The number of amides is 2. The summed E-state index contributed by atoms with van der Waals surface area (Å²) in [5, 5.41) is 19.5. The van der Waals surface area contributed by atoms with Gasteiger partial charge in [0, 0.05) is 34.4 Å². The van der Waals surface area contributed by atoms with Gasteiger partial charge in [0.05, 0.1) is 17.9 Å². The Morgan fingerprint density at radius 2 is 2.19 bits per heavy atom. The number of nitrogens with zero attached hydrogens (tertiary/aromatic N) is 5. The summed E-state index contributed by atoms with van der Waals surface area (Å²) < 4.78 is 7.06. The quantitative estimate of drug-likeness (QED) is 0.157. The number of anilines is 1. The standard InChI is InChI=1S/C22H19N7O6S2/c1-34-27-14(13-10-37-22(23)25-13)17(30)26-15-19(31)29-16(21(32)33)12(9-36-20(15)29)8-28-5-2-11(3-6-28)18-24-4-7-35-18/h2-7,10,15,20H,8-9H2,1H3,(H3-,23,25,26,30,32,33)/t15-,20+/m1/s1. The molecule has 0 aliphatic carbocycles. The summed E-state index contributed by atoms with van der Waals surface area (Å²) in [6.45, 7) is 0.228. The minimum Gasteiger partial charge on any atom is -0.543 e. The van der Waals surface area contributed by atoms with Crippen LogP contribution in [-0.4, -0.2) is 62.6 Å². The lowest BCUT2D eigenvalue weighted by Crippen LogP contribution is -2.71. The topological polar surface area (TPSA) is 180 Å². The molecule has 0 saturated carbocycles. The van der Waals surface area contributed by atoms with Crippen molar-refractivity contribution in [2.24, 2.45) is 5.16 Å². The summed E-state index contributed by atoms with van der Waals surface area (Å²) in [7, 11) is 1.27. The van der Waals surface area contributed by atoms with Gasteiger partial charge in [0.1, 0.15) is 30.5 Å². The van der Waals surface area contributed by atoms with Crippen molar-refractivity contribution in [2.45, 2.75) is 18.0 Å². The Morgan fingerprint density at radius 3 is 2.81 bits per heavy atom. The van der Waals surface area contributed by atoms with Gasteiger partial charge in [-0.2, -0.15) is 0 Å². The maximum Gasteiger partial charge on any atom is 0.276 e. The molecule has 5 heterocycles. The molecular weight excluding hydrogens is 522 g/mol. The minimum atomic E-state index is -1.46. The zero-order valence-electron chi connectivity index (χ0n) is 19.2. The number of nitrogens with two attached hydrogens (primary N) is 1. The number of oxime groups is 1. The number of oxazole rings is 1. The molecule has 3 N–H and O–H groups in total. The lowest BCUT2D eigenvalue weighted by molar-refractivity contribution is -0.689. The molecule has 3 aromatic rings. The average molecular weight is 542 g/mol. The van der Waals surface area contributed by atoms with Crippen LogP contribution in [0.1, 0.15) is 5.69 Å². The molecule has 1 saturated heterocycles. The predicted octanol–water partition coefficient (Wildman–Crippen LogP) is -0.878. The third-order valence-corrected chi connectivity index (χ3v) is 7.65. The van der Waals surface area contributed by atoms with E-state index in [-0.39, 0.29) is 28.8 Å². The van der Waals surface area contributed by atoms with Crippen LogP contribution in [0.2, 0.25) is 0 Å². The van der Waals surface area contributed by atoms with Crippen molar-refractivity contribution in [2.75, 3.05) is 18.6 Å². The van der Waals surface area contributed by atoms with Gasteiger partial charge >= 0.3 is 0 Å². The molecule has 2 aliphatic rings. The number of nitrogen functional groups attached to an aromatic ring is 1. The lowest BCUT2D eigenvalue weighted by atomic mass is 10.0. The van der Waals surface area contributed by atoms with Gasteiger partial charge in [-0.15, -0.1) is 23.1 Å². The molecule has 0 radical (unpaired) electrons. The van der Waals surface area contributed by atoms with E-state index in [1.807, 2.05) is 0 Å². The van der Waals surface area contributed by atoms with Crippen molar-refractivity contribution < 1.29 is 33.3 Å². The Kier molecular flexibility index (Phi) is 6.62. The van der Waals surface area contributed by atoms with Crippen LogP contribution in [0, 0.1) is 0 Å². The molecule has 37 heavy (non-hydrogen) atoms. The van der Waals surface area contributed by atoms with E-state index in [1.54, 1.807) is 35.3 Å². The van der Waals surface area contributed by atoms with E-state index in [0.29, 0.717) is 17.2 Å². The number of thiazole rings is 1. The number of pyridine rings is 1. The van der Waals surface area contributed by atoms with E-state index in [2.05, 4.69) is 20.4 Å². The highest BCUT2D eigenvalue weighted by Gasteiger charge is 2.53. The first-order valence-electron chi connectivity index (χ1n) is 10.8. The summed E-state index contributed by atoms with van der Waals surface area (Å²) in [6, 6.07) is 2.62. The number of hydrogen-bond donors (Lipinski definition) is 2. The predicted molar refractivity (Wildman–Crippen MR) is 129 cm³/mol. The van der Waals surface area contributed by atoms with Crippen molar-refractivity contribution >= 4 is 51.7 Å². The molecule has 0 aromatic carbocycles. The van der Waals surface area contributed by atoms with Gasteiger partial charge in [-0.05, 0) is 0 Å². The van der Waals surface area contributed by atoms with E-state index in [0.717, 1.165) is 21.8 Å². The van der Waals surface area contributed by atoms with Gasteiger partial charge < -0.3 is 30.2 Å². The van der Waals surface area contributed by atoms with Gasteiger partial charge in [0.25, 0.3) is 11.8 Å². The number of aromatic nitrogens is 3. The molecule has 15 heteroatoms. The second-order valence-electron chi connectivity index (χ2n) is 7.89. The Hall–Kier alpha value is -4.24. The molecule has 3 aromatic heterocycles. The molecule has 0 unspecified atom stereocenters. The number of carbonyl (C=O) groups is 3. The zero-order chi connectivity index (χ0) is 26.1. The average Bonchev–Trinajstić information content (AvgIpc) is 3.58. The summed E-state index contributed by atoms with van der Waals surface area (Å²) >= 11 is 2.46. The van der Waals surface area contributed by atoms with Crippen molar-refractivity contribution in [1.82, 2.24) is 20.2 Å². The SMILES string of the molecule is CON=C(C(=O)N[C@@H]1C(=O)N2C(C(=O)[O-])=C(C[n+]3ccc(-c4ncco4)cc3)CS[C@@H]12)c1csc(N)n1. The maximum absolute atomic E-state index is 13.0. The van der Waals surface area contributed by atoms with Gasteiger partial charge in [0.2, 0.25) is 5.89 Å². The van der Waals surface area contributed by atoms with Crippen LogP contribution in [-0.2, 0) is 25.8 Å². The van der Waals surface area contributed by atoms with E-state index in [4.69, 9.17) is 15.0 Å². The largest absolute Gasteiger partial charge is 0.543 e. The molecule has 190 valence electrons. The van der Waals surface area contributed by atoms with Crippen molar-refractivity contribution in [3.63, 3.8) is 0 Å². The number of carboxylic acid groups (broad SMARTS) is 1. The molecule has 0 spiro atoms. The van der Waals surface area contributed by atoms with E-state index >= 15 is 0 Å². The smallest absolute Gasteiger partial charge is 0.276 e. The van der Waals surface area contributed by atoms with Gasteiger partial charge in [-0.3, -0.25) is 14.5 Å². The monoisotopic (exact) mass is 541 g/mol. The van der Waals surface area contributed by atoms with Crippen molar-refractivity contribution in [3.8, 4) is 11.5 Å². The number of fused-ring (bicyclic) bond motifs is 1. The van der Waals surface area contributed by atoms with Crippen molar-refractivity contribution in [3.05, 3.63) is 59.3 Å². The van der Waals surface area contributed by atoms with Gasteiger partial charge in [0.15, 0.2) is 29.8 Å². The summed E-state index contributed by atoms with van der Waals surface area (Å²) in [5.74, 6) is -1.94. The number of carboxylic acids is 1. The number of hydrogen-bond acceptors (Lipinski definition) is 12. The first-order chi connectivity index (χ1) is 17.9. The number of aliphatic carboxylic acids is 1. The highest BCUT2D eigenvalue weighted by atomic mass is 32.2. The summed E-state index contributed by atoms with van der Waals surface area (Å²) in [6.07, 6.45) is 6.55. The molecule has 2 atom stereocenters. The minimum absolute atomic E-state index is 0.150. The number of thioether (sulfide) groups is 1. The molecule has 13 nitrogen and oxygen atoms in total. The third kappa shape index (κ3) is 4.65. The Labute approximate surface area is 217 Å². The highest BCUT2D eigenvalue weighted by Crippen LogP contribution is 2.40. The van der Waals surface area contributed by atoms with Crippen LogP contribution in [0.25, 0.3) is 11.5 Å². The van der Waals surface area contributed by atoms with Crippen LogP contribution >= 0.6 is 23.1 Å². The first-order valence-corrected chi connectivity index (χ1v) is 12.7. The second-order valence-corrected chi connectivity index (χ2v) is 9.89. The molecule has 2 amide bonds. The maximum atomic E-state index is 13.0. The van der Waals surface area contributed by atoms with Crippen LogP contribution in [0.5, 0.6) is 0 Å². The Balaban J connectivity index is 1.32. The fraction of sp³-hybridized carbons (Fsp3) is 0.227. The molecular formula is C22H19N7O6S2. The fourth-order valence-electron chi connectivity index (χ4n) is 3.99. The zero-order valence-corrected chi connectivity index (χ0v) is 20.8.